The van der Waals surface area contributed by atoms with Gasteiger partial charge in [0.1, 0.15) is 11.7 Å². The number of epoxide rings is 1. The summed E-state index contributed by atoms with van der Waals surface area (Å²) in [7, 11) is -1.72. The predicted molar refractivity (Wildman–Crippen MR) is 79.6 cm³/mol. The van der Waals surface area contributed by atoms with Crippen LogP contribution in [0.15, 0.2) is 0 Å². The second-order valence-corrected chi connectivity index (χ2v) is 12.3. The SMILES string of the molecule is CC(C)(C)[Si](C)(C)OCC1OC12CCN(C(=O)O)CC2. The van der Waals surface area contributed by atoms with Crippen molar-refractivity contribution < 1.29 is 19.1 Å². The van der Waals surface area contributed by atoms with Gasteiger partial charge in [-0.3, -0.25) is 0 Å². The third kappa shape index (κ3) is 3.02. The Kier molecular flexibility index (Phi) is 3.95. The lowest BCUT2D eigenvalue weighted by atomic mass is 9.93. The molecule has 2 fully saturated rings. The van der Waals surface area contributed by atoms with Crippen LogP contribution in [0, 0.1) is 0 Å². The van der Waals surface area contributed by atoms with Crippen LogP contribution in [0.2, 0.25) is 18.1 Å². The Morgan fingerprint density at radius 2 is 1.95 bits per heavy atom. The molecule has 2 heterocycles. The molecule has 2 aliphatic rings. The summed E-state index contributed by atoms with van der Waals surface area (Å²) in [5.41, 5.74) is -0.103. The maximum atomic E-state index is 10.9. The lowest BCUT2D eigenvalue weighted by molar-refractivity contribution is 0.113. The first-order valence-electron chi connectivity index (χ1n) is 7.37. The maximum absolute atomic E-state index is 10.9. The van der Waals surface area contributed by atoms with Crippen LogP contribution in [0.25, 0.3) is 0 Å². The van der Waals surface area contributed by atoms with Crippen molar-refractivity contribution in [3.05, 3.63) is 0 Å². The summed E-state index contributed by atoms with van der Waals surface area (Å²) in [6.07, 6.45) is 0.928. The Balaban J connectivity index is 1.80. The topological polar surface area (TPSA) is 62.3 Å². The van der Waals surface area contributed by atoms with Crippen LogP contribution in [0.3, 0.4) is 0 Å². The van der Waals surface area contributed by atoms with Gasteiger partial charge in [-0.05, 0) is 31.0 Å². The fourth-order valence-corrected chi connectivity index (χ4v) is 3.45. The van der Waals surface area contributed by atoms with Gasteiger partial charge >= 0.3 is 6.09 Å². The van der Waals surface area contributed by atoms with E-state index in [0.29, 0.717) is 19.7 Å². The second kappa shape index (κ2) is 5.00. The summed E-state index contributed by atoms with van der Waals surface area (Å²) in [6, 6.07) is 0. The zero-order valence-corrected chi connectivity index (χ0v) is 14.2. The lowest BCUT2D eigenvalue weighted by Gasteiger charge is -2.36. The molecule has 2 saturated heterocycles. The van der Waals surface area contributed by atoms with E-state index in [0.717, 1.165) is 12.8 Å². The van der Waals surface area contributed by atoms with E-state index in [-0.39, 0.29) is 16.7 Å². The predicted octanol–water partition coefficient (Wildman–Crippen LogP) is 2.92. The fourth-order valence-electron chi connectivity index (χ4n) is 2.45. The molecule has 2 rings (SSSR count). The lowest BCUT2D eigenvalue weighted by Crippen LogP contribution is -2.44. The Bertz CT molecular complexity index is 383. The van der Waals surface area contributed by atoms with Gasteiger partial charge in [-0.2, -0.15) is 0 Å². The van der Waals surface area contributed by atoms with Crippen LogP contribution in [0.5, 0.6) is 0 Å². The molecule has 1 N–H and O–H groups in total. The first-order chi connectivity index (χ1) is 9.07. The van der Waals surface area contributed by atoms with Crippen molar-refractivity contribution in [2.45, 2.75) is 63.5 Å². The third-order valence-corrected chi connectivity index (χ3v) is 9.69. The number of piperidine rings is 1. The van der Waals surface area contributed by atoms with Crippen molar-refractivity contribution in [2.24, 2.45) is 0 Å². The van der Waals surface area contributed by atoms with Crippen LogP contribution in [0.1, 0.15) is 33.6 Å². The summed E-state index contributed by atoms with van der Waals surface area (Å²) in [6.45, 7) is 13.0. The Morgan fingerprint density at radius 1 is 1.40 bits per heavy atom. The number of hydrogen-bond acceptors (Lipinski definition) is 3. The summed E-state index contributed by atoms with van der Waals surface area (Å²) in [5, 5.41) is 9.17. The highest BCUT2D eigenvalue weighted by Gasteiger charge is 2.58. The van der Waals surface area contributed by atoms with Gasteiger partial charge in [-0.1, -0.05) is 20.8 Å². The largest absolute Gasteiger partial charge is 0.465 e. The van der Waals surface area contributed by atoms with E-state index >= 15 is 0 Å². The van der Waals surface area contributed by atoms with Crippen molar-refractivity contribution >= 4 is 14.4 Å². The number of likely N-dealkylation sites (tertiary alicyclic amines) is 1. The van der Waals surface area contributed by atoms with Crippen molar-refractivity contribution in [3.8, 4) is 0 Å². The van der Waals surface area contributed by atoms with Crippen LogP contribution < -0.4 is 0 Å². The zero-order chi connectivity index (χ0) is 15.2. The standard InChI is InChI=1S/C14H27NO4Si/c1-13(2,3)20(4,5)18-10-11-14(19-11)6-8-15(9-7-14)12(16)17/h11H,6-10H2,1-5H3,(H,16,17). The van der Waals surface area contributed by atoms with Gasteiger partial charge < -0.3 is 19.2 Å². The van der Waals surface area contributed by atoms with Crippen LogP contribution in [-0.4, -0.2) is 55.8 Å². The van der Waals surface area contributed by atoms with E-state index in [1.54, 1.807) is 0 Å². The van der Waals surface area contributed by atoms with E-state index in [4.69, 9.17) is 14.3 Å². The number of nitrogens with zero attached hydrogens (tertiary/aromatic N) is 1. The zero-order valence-electron chi connectivity index (χ0n) is 13.2. The van der Waals surface area contributed by atoms with Gasteiger partial charge in [0.25, 0.3) is 0 Å². The molecule has 0 aliphatic carbocycles. The second-order valence-electron chi connectivity index (χ2n) is 7.51. The summed E-state index contributed by atoms with van der Waals surface area (Å²) in [4.78, 5) is 12.4. The van der Waals surface area contributed by atoms with E-state index in [1.165, 1.54) is 4.90 Å². The molecule has 5 nitrogen and oxygen atoms in total. The van der Waals surface area contributed by atoms with Crippen LogP contribution >= 0.6 is 0 Å². The average Bonchev–Trinajstić information content (AvgIpc) is 2.99. The van der Waals surface area contributed by atoms with Crippen molar-refractivity contribution in [3.63, 3.8) is 0 Å². The first kappa shape index (κ1) is 15.8. The Labute approximate surface area is 122 Å². The highest BCUT2D eigenvalue weighted by Crippen LogP contribution is 2.46. The number of amides is 1. The van der Waals surface area contributed by atoms with Crippen molar-refractivity contribution in [1.82, 2.24) is 4.90 Å². The molecule has 0 aromatic heterocycles. The molecule has 1 atom stereocenters. The van der Waals surface area contributed by atoms with Crippen LogP contribution in [-0.2, 0) is 9.16 Å². The minimum absolute atomic E-state index is 0.103. The highest BCUT2D eigenvalue weighted by molar-refractivity contribution is 6.74. The van der Waals surface area contributed by atoms with Gasteiger partial charge in [-0.15, -0.1) is 0 Å². The summed E-state index contributed by atoms with van der Waals surface area (Å²) < 4.78 is 12.1. The number of carbonyl (C=O) groups is 1. The molecule has 0 aromatic rings. The van der Waals surface area contributed by atoms with E-state index in [1.807, 2.05) is 0 Å². The molecular weight excluding hydrogens is 274 g/mol. The number of carboxylic acid groups (broad SMARTS) is 1. The van der Waals surface area contributed by atoms with Crippen molar-refractivity contribution in [2.75, 3.05) is 19.7 Å². The summed E-state index contributed by atoms with van der Waals surface area (Å²) in [5.74, 6) is 0. The van der Waals surface area contributed by atoms with Gasteiger partial charge in [0.05, 0.1) is 6.61 Å². The van der Waals surface area contributed by atoms with Gasteiger partial charge in [0, 0.05) is 13.1 Å². The van der Waals surface area contributed by atoms with Crippen LogP contribution in [0.4, 0.5) is 4.79 Å². The molecule has 0 aromatic carbocycles. The first-order valence-corrected chi connectivity index (χ1v) is 10.3. The molecule has 20 heavy (non-hydrogen) atoms. The smallest absolute Gasteiger partial charge is 0.407 e. The molecule has 2 aliphatic heterocycles. The molecule has 1 amide bonds. The maximum Gasteiger partial charge on any atom is 0.407 e. The van der Waals surface area contributed by atoms with E-state index in [2.05, 4.69) is 33.9 Å². The highest BCUT2D eigenvalue weighted by atomic mass is 28.4. The van der Waals surface area contributed by atoms with E-state index in [9.17, 15) is 4.79 Å². The molecule has 0 radical (unpaired) electrons. The number of rotatable bonds is 3. The monoisotopic (exact) mass is 301 g/mol. The Morgan fingerprint density at radius 3 is 2.40 bits per heavy atom. The normalized spacial score (nSPS) is 25.9. The number of hydrogen-bond donors (Lipinski definition) is 1. The minimum Gasteiger partial charge on any atom is -0.465 e. The van der Waals surface area contributed by atoms with Gasteiger partial charge in [0.2, 0.25) is 0 Å². The molecule has 6 heteroatoms. The average molecular weight is 301 g/mol. The van der Waals surface area contributed by atoms with Crippen molar-refractivity contribution in [1.29, 1.82) is 0 Å². The van der Waals surface area contributed by atoms with Gasteiger partial charge in [-0.25, -0.2) is 4.79 Å². The summed E-state index contributed by atoms with van der Waals surface area (Å²) >= 11 is 0. The Hall–Kier alpha value is -0.593. The molecule has 1 spiro atoms. The quantitative estimate of drug-likeness (QED) is 0.643. The van der Waals surface area contributed by atoms with Gasteiger partial charge in [0.15, 0.2) is 8.32 Å². The minimum atomic E-state index is -1.72. The molecular formula is C14H27NO4Si. The molecule has 1 unspecified atom stereocenters. The molecule has 0 bridgehead atoms. The number of ether oxygens (including phenoxy) is 1. The third-order valence-electron chi connectivity index (χ3n) is 5.19. The molecule has 116 valence electrons. The fraction of sp³-hybridized carbons (Fsp3) is 0.929. The van der Waals surface area contributed by atoms with E-state index < -0.39 is 14.4 Å². The molecule has 0 saturated carbocycles.